The molecule has 9 heteroatoms. The van der Waals surface area contributed by atoms with E-state index in [0.29, 0.717) is 35.7 Å². The molecule has 1 aliphatic rings. The lowest BCUT2D eigenvalue weighted by molar-refractivity contribution is -0.133. The summed E-state index contributed by atoms with van der Waals surface area (Å²) >= 11 is 0. The Hall–Kier alpha value is -7.39. The van der Waals surface area contributed by atoms with Crippen LogP contribution in [-0.4, -0.2) is 26.3 Å². The van der Waals surface area contributed by atoms with Crippen molar-refractivity contribution in [1.29, 1.82) is 0 Å². The first kappa shape index (κ1) is 35.3. The first-order valence-electron chi connectivity index (χ1n) is 18.6. The summed E-state index contributed by atoms with van der Waals surface area (Å²) in [7, 11) is 0. The quantitative estimate of drug-likeness (QED) is 0.105. The molecular formula is C48H36FN5O3. The summed E-state index contributed by atoms with van der Waals surface area (Å²) in [6, 6.07) is 51.7. The minimum absolute atomic E-state index is 0.370. The number of aromatic nitrogens is 3. The maximum atomic E-state index is 13.8. The number of amides is 2. The predicted molar refractivity (Wildman–Crippen MR) is 218 cm³/mol. The van der Waals surface area contributed by atoms with Gasteiger partial charge in [0.2, 0.25) is 11.8 Å². The standard InChI is InChI=1S/C48H36FN5O3/c49-37-17-19-38(20-18-37)54(46(56)47(27-28-47)45(50)55)39-21-23-40(24-22-39)57-44-26-29-51-42-30-33(16-25-41(42)44)43-31-53(32-52-43)48(34-10-4-1-5-11-34,35-12-6-2-7-13-35)36-14-8-3-9-15-36/h1-26,29-32H,27-28H2,(H2,50,55). The number of hydrogen-bond acceptors (Lipinski definition) is 5. The molecule has 1 aliphatic carbocycles. The first-order chi connectivity index (χ1) is 27.9. The minimum atomic E-state index is -1.27. The lowest BCUT2D eigenvalue weighted by Crippen LogP contribution is -2.41. The molecule has 57 heavy (non-hydrogen) atoms. The van der Waals surface area contributed by atoms with Crippen molar-refractivity contribution in [3.8, 4) is 22.8 Å². The lowest BCUT2D eigenvalue weighted by Gasteiger charge is -2.37. The highest BCUT2D eigenvalue weighted by atomic mass is 19.1. The molecule has 0 spiro atoms. The van der Waals surface area contributed by atoms with Gasteiger partial charge in [-0.1, -0.05) is 97.1 Å². The fourth-order valence-corrected chi connectivity index (χ4v) is 7.68. The molecule has 8 nitrogen and oxygen atoms in total. The Morgan fingerprint density at radius 2 is 1.26 bits per heavy atom. The van der Waals surface area contributed by atoms with Gasteiger partial charge in [0, 0.05) is 34.7 Å². The number of nitrogens with zero attached hydrogens (tertiary/aromatic N) is 4. The van der Waals surface area contributed by atoms with Crippen molar-refractivity contribution in [2.75, 3.05) is 4.90 Å². The highest BCUT2D eigenvalue weighted by molar-refractivity contribution is 6.16. The summed E-state index contributed by atoms with van der Waals surface area (Å²) in [5.41, 5.74) is 10.3. The number of pyridine rings is 1. The van der Waals surface area contributed by atoms with Crippen LogP contribution in [0.5, 0.6) is 11.5 Å². The molecule has 2 N–H and O–H groups in total. The zero-order chi connectivity index (χ0) is 39.0. The van der Waals surface area contributed by atoms with Gasteiger partial charge in [0.15, 0.2) is 0 Å². The fourth-order valence-electron chi connectivity index (χ4n) is 7.68. The fraction of sp³-hybridized carbons (Fsp3) is 0.0833. The van der Waals surface area contributed by atoms with Gasteiger partial charge in [0.25, 0.3) is 0 Å². The summed E-state index contributed by atoms with van der Waals surface area (Å²) in [5.74, 6) is -0.426. The van der Waals surface area contributed by atoms with Crippen LogP contribution in [-0.2, 0) is 15.1 Å². The molecule has 0 bridgehead atoms. The number of fused-ring (bicyclic) bond motifs is 1. The van der Waals surface area contributed by atoms with Gasteiger partial charge in [0.1, 0.15) is 28.3 Å². The Bertz CT molecular complexity index is 2620. The summed E-state index contributed by atoms with van der Waals surface area (Å²) in [4.78, 5) is 37.1. The Kier molecular flexibility index (Phi) is 8.90. The van der Waals surface area contributed by atoms with E-state index in [1.54, 1.807) is 36.5 Å². The number of carbonyl (C=O) groups is 2. The molecule has 278 valence electrons. The lowest BCUT2D eigenvalue weighted by atomic mass is 9.77. The van der Waals surface area contributed by atoms with Crippen LogP contribution in [0.4, 0.5) is 15.8 Å². The van der Waals surface area contributed by atoms with Gasteiger partial charge in [-0.15, -0.1) is 0 Å². The second kappa shape index (κ2) is 14.4. The highest BCUT2D eigenvalue weighted by Gasteiger charge is 2.57. The number of halogens is 1. The van der Waals surface area contributed by atoms with Crippen LogP contribution in [0, 0.1) is 11.2 Å². The van der Waals surface area contributed by atoms with E-state index >= 15 is 0 Å². The molecule has 0 atom stereocenters. The van der Waals surface area contributed by atoms with Crippen molar-refractivity contribution in [3.05, 3.63) is 205 Å². The van der Waals surface area contributed by atoms with Gasteiger partial charge in [-0.05, 0) is 96.3 Å². The molecule has 2 amide bonds. The Balaban J connectivity index is 1.03. The number of nitrogens with two attached hydrogens (primary N) is 1. The largest absolute Gasteiger partial charge is 0.457 e. The van der Waals surface area contributed by atoms with Gasteiger partial charge in [-0.2, -0.15) is 0 Å². The number of anilines is 2. The molecule has 2 aromatic heterocycles. The molecule has 1 saturated carbocycles. The second-order valence-electron chi connectivity index (χ2n) is 14.2. The molecule has 0 radical (unpaired) electrons. The van der Waals surface area contributed by atoms with Crippen molar-refractivity contribution in [3.63, 3.8) is 0 Å². The third-order valence-corrected chi connectivity index (χ3v) is 10.8. The van der Waals surface area contributed by atoms with Gasteiger partial charge in [-0.3, -0.25) is 19.5 Å². The average molecular weight is 750 g/mol. The van der Waals surface area contributed by atoms with E-state index in [0.717, 1.165) is 38.9 Å². The summed E-state index contributed by atoms with van der Waals surface area (Å²) < 4.78 is 22.4. The molecule has 6 aromatic carbocycles. The molecule has 8 aromatic rings. The Labute approximate surface area is 328 Å². The molecular weight excluding hydrogens is 714 g/mol. The topological polar surface area (TPSA) is 103 Å². The van der Waals surface area contributed by atoms with Crippen LogP contribution in [0.25, 0.3) is 22.2 Å². The van der Waals surface area contributed by atoms with Gasteiger partial charge in [-0.25, -0.2) is 9.37 Å². The van der Waals surface area contributed by atoms with Crippen molar-refractivity contribution in [1.82, 2.24) is 14.5 Å². The van der Waals surface area contributed by atoms with Gasteiger partial charge < -0.3 is 15.0 Å². The Morgan fingerprint density at radius 3 is 1.81 bits per heavy atom. The summed E-state index contributed by atoms with van der Waals surface area (Å²) in [5, 5.41) is 0.803. The summed E-state index contributed by atoms with van der Waals surface area (Å²) in [6.07, 6.45) is 6.42. The molecule has 0 unspecified atom stereocenters. The third kappa shape index (κ3) is 6.29. The number of rotatable bonds is 11. The van der Waals surface area contributed by atoms with Gasteiger partial charge >= 0.3 is 0 Å². The highest BCUT2D eigenvalue weighted by Crippen LogP contribution is 2.49. The Morgan fingerprint density at radius 1 is 0.702 bits per heavy atom. The first-order valence-corrected chi connectivity index (χ1v) is 18.6. The van der Waals surface area contributed by atoms with E-state index in [9.17, 15) is 14.0 Å². The van der Waals surface area contributed by atoms with Crippen molar-refractivity contribution >= 4 is 34.1 Å². The monoisotopic (exact) mass is 749 g/mol. The number of imidazole rings is 1. The van der Waals surface area contributed by atoms with Crippen molar-refractivity contribution in [2.45, 2.75) is 18.4 Å². The maximum absolute atomic E-state index is 13.8. The van der Waals surface area contributed by atoms with Crippen molar-refractivity contribution in [2.24, 2.45) is 11.1 Å². The van der Waals surface area contributed by atoms with E-state index in [1.165, 1.54) is 29.2 Å². The zero-order valence-corrected chi connectivity index (χ0v) is 30.7. The van der Waals surface area contributed by atoms with Crippen LogP contribution in [0.1, 0.15) is 29.5 Å². The number of ether oxygens (including phenoxy) is 1. The zero-order valence-electron chi connectivity index (χ0n) is 30.7. The average Bonchev–Trinajstić information content (AvgIpc) is 3.94. The summed E-state index contributed by atoms with van der Waals surface area (Å²) in [6.45, 7) is 0. The number of hydrogen-bond donors (Lipinski definition) is 1. The predicted octanol–water partition coefficient (Wildman–Crippen LogP) is 9.80. The van der Waals surface area contributed by atoms with Crippen LogP contribution in [0.2, 0.25) is 0 Å². The SMILES string of the molecule is NC(=O)C1(C(=O)N(c2ccc(F)cc2)c2ccc(Oc3ccnc4cc(-c5cn(C(c6ccccc6)(c6ccccc6)c6ccccc6)cn5)ccc34)cc2)CC1. The molecule has 1 fully saturated rings. The van der Waals surface area contributed by atoms with Crippen LogP contribution in [0.3, 0.4) is 0 Å². The molecule has 0 aliphatic heterocycles. The van der Waals surface area contributed by atoms with Crippen molar-refractivity contribution < 1.29 is 18.7 Å². The number of benzene rings is 6. The number of carbonyl (C=O) groups excluding carboxylic acids is 2. The van der Waals surface area contributed by atoms with E-state index in [2.05, 4.69) is 88.5 Å². The molecule has 2 heterocycles. The number of primary amides is 1. The third-order valence-electron chi connectivity index (χ3n) is 10.8. The maximum Gasteiger partial charge on any atom is 0.247 e. The van der Waals surface area contributed by atoms with Crippen LogP contribution >= 0.6 is 0 Å². The smallest absolute Gasteiger partial charge is 0.247 e. The van der Waals surface area contributed by atoms with E-state index in [4.69, 9.17) is 15.5 Å². The molecule has 9 rings (SSSR count). The van der Waals surface area contributed by atoms with E-state index in [1.807, 2.05) is 42.7 Å². The van der Waals surface area contributed by atoms with E-state index < -0.39 is 28.6 Å². The van der Waals surface area contributed by atoms with Gasteiger partial charge in [0.05, 0.1) is 17.5 Å². The van der Waals surface area contributed by atoms with E-state index in [-0.39, 0.29) is 0 Å². The normalized spacial score (nSPS) is 13.2. The van der Waals surface area contributed by atoms with Crippen LogP contribution < -0.4 is 15.4 Å². The minimum Gasteiger partial charge on any atom is -0.457 e. The molecule has 0 saturated heterocycles. The second-order valence-corrected chi connectivity index (χ2v) is 14.2. The van der Waals surface area contributed by atoms with Crippen LogP contribution in [0.15, 0.2) is 183 Å².